The van der Waals surface area contributed by atoms with Crippen LogP contribution in [0.3, 0.4) is 0 Å². The van der Waals surface area contributed by atoms with Gasteiger partial charge in [0.2, 0.25) is 5.91 Å². The van der Waals surface area contributed by atoms with Gasteiger partial charge in [-0.3, -0.25) is 14.4 Å². The fraction of sp³-hybridized carbons (Fsp3) is 0.474. The molecule has 1 aromatic carbocycles. The molecule has 9 heteroatoms. The molecule has 2 atom stereocenters. The summed E-state index contributed by atoms with van der Waals surface area (Å²) >= 11 is 1.28. The van der Waals surface area contributed by atoms with E-state index in [4.69, 9.17) is 4.74 Å². The summed E-state index contributed by atoms with van der Waals surface area (Å²) in [4.78, 5) is 48.8. The molecule has 0 aromatic heterocycles. The number of anilines is 1. The molecule has 0 unspecified atom stereocenters. The number of hydrogen-bond acceptors (Lipinski definition) is 7. The fourth-order valence-corrected chi connectivity index (χ4v) is 3.74. The predicted octanol–water partition coefficient (Wildman–Crippen LogP) is 1.74. The smallest absolute Gasteiger partial charge is 0.328 e. The Kier molecular flexibility index (Phi) is 7.86. The molecule has 152 valence electrons. The molecule has 8 nitrogen and oxygen atoms in total. The maximum atomic E-state index is 12.1. The van der Waals surface area contributed by atoms with Gasteiger partial charge in [-0.05, 0) is 24.5 Å². The Morgan fingerprint density at radius 3 is 2.64 bits per heavy atom. The molecule has 0 bridgehead atoms. The highest BCUT2D eigenvalue weighted by molar-refractivity contribution is 8.01. The minimum atomic E-state index is -0.799. The summed E-state index contributed by atoms with van der Waals surface area (Å²) in [7, 11) is 1.24. The Labute approximate surface area is 167 Å². The van der Waals surface area contributed by atoms with Crippen LogP contribution in [0, 0.1) is 5.92 Å². The predicted molar refractivity (Wildman–Crippen MR) is 104 cm³/mol. The Bertz CT molecular complexity index is 752. The van der Waals surface area contributed by atoms with Gasteiger partial charge >= 0.3 is 11.9 Å². The van der Waals surface area contributed by atoms with E-state index in [0.717, 1.165) is 4.90 Å². The van der Waals surface area contributed by atoms with Gasteiger partial charge in [0, 0.05) is 4.90 Å². The van der Waals surface area contributed by atoms with Crippen molar-refractivity contribution in [3.05, 3.63) is 24.3 Å². The molecule has 28 heavy (non-hydrogen) atoms. The quantitative estimate of drug-likeness (QED) is 0.630. The molecule has 0 saturated heterocycles. The molecule has 1 aliphatic heterocycles. The second kappa shape index (κ2) is 10.1. The monoisotopic (exact) mass is 408 g/mol. The number of ether oxygens (including phenoxy) is 2. The van der Waals surface area contributed by atoms with Gasteiger partial charge in [-0.25, -0.2) is 4.79 Å². The van der Waals surface area contributed by atoms with Gasteiger partial charge in [0.25, 0.3) is 5.91 Å². The van der Waals surface area contributed by atoms with Crippen molar-refractivity contribution in [2.75, 3.05) is 19.0 Å². The highest BCUT2D eigenvalue weighted by Crippen LogP contribution is 2.36. The van der Waals surface area contributed by atoms with E-state index in [0.29, 0.717) is 12.1 Å². The van der Waals surface area contributed by atoms with E-state index in [2.05, 4.69) is 15.4 Å². The average molecular weight is 408 g/mol. The first kappa shape index (κ1) is 21.7. The second-order valence-corrected chi connectivity index (χ2v) is 7.97. The Morgan fingerprint density at radius 1 is 1.25 bits per heavy atom. The Morgan fingerprint density at radius 2 is 1.96 bits per heavy atom. The van der Waals surface area contributed by atoms with Crippen molar-refractivity contribution in [2.45, 2.75) is 42.9 Å². The van der Waals surface area contributed by atoms with Crippen LogP contribution in [0.4, 0.5) is 5.69 Å². The maximum Gasteiger partial charge on any atom is 0.328 e. The van der Waals surface area contributed by atoms with E-state index in [-0.39, 0.29) is 18.2 Å². The molecule has 1 aromatic rings. The number of fused-ring (bicyclic) bond motifs is 1. The second-order valence-electron chi connectivity index (χ2n) is 6.73. The molecule has 0 fully saturated rings. The lowest BCUT2D eigenvalue weighted by Crippen LogP contribution is -2.44. The third-order valence-electron chi connectivity index (χ3n) is 3.95. The first-order valence-electron chi connectivity index (χ1n) is 8.89. The third-order valence-corrected chi connectivity index (χ3v) is 5.23. The van der Waals surface area contributed by atoms with Gasteiger partial charge in [-0.1, -0.05) is 26.0 Å². The van der Waals surface area contributed by atoms with Crippen LogP contribution in [0.15, 0.2) is 29.2 Å². The molecule has 0 spiro atoms. The molecule has 2 amide bonds. The summed E-state index contributed by atoms with van der Waals surface area (Å²) in [5.74, 6) is -1.94. The summed E-state index contributed by atoms with van der Waals surface area (Å²) < 4.78 is 9.64. The largest absolute Gasteiger partial charge is 0.467 e. The number of methoxy groups -OCH3 is 1. The normalized spacial score (nSPS) is 16.6. The highest BCUT2D eigenvalue weighted by Gasteiger charge is 2.30. The molecule has 0 saturated carbocycles. The first-order valence-corrected chi connectivity index (χ1v) is 9.77. The van der Waals surface area contributed by atoms with Crippen molar-refractivity contribution in [3.8, 4) is 0 Å². The van der Waals surface area contributed by atoms with Crippen molar-refractivity contribution >= 4 is 41.2 Å². The number of para-hydroxylation sites is 1. The molecule has 1 heterocycles. The number of rotatable bonds is 8. The van der Waals surface area contributed by atoms with Crippen LogP contribution < -0.4 is 10.6 Å². The van der Waals surface area contributed by atoms with Gasteiger partial charge in [0.05, 0.1) is 24.5 Å². The van der Waals surface area contributed by atoms with E-state index >= 15 is 0 Å². The van der Waals surface area contributed by atoms with Crippen molar-refractivity contribution in [1.29, 1.82) is 0 Å². The molecular weight excluding hydrogens is 384 g/mol. The maximum absolute atomic E-state index is 12.1. The third kappa shape index (κ3) is 6.26. The van der Waals surface area contributed by atoms with Crippen LogP contribution >= 0.6 is 11.8 Å². The van der Waals surface area contributed by atoms with Gasteiger partial charge < -0.3 is 20.1 Å². The number of hydrogen-bond donors (Lipinski definition) is 2. The number of carbonyl (C=O) groups is 4. The highest BCUT2D eigenvalue weighted by atomic mass is 32.2. The zero-order chi connectivity index (χ0) is 20.7. The summed E-state index contributed by atoms with van der Waals surface area (Å²) in [6.07, 6.45) is 0.245. The molecule has 1 aliphatic rings. The summed E-state index contributed by atoms with van der Waals surface area (Å²) in [6, 6.07) is 6.50. The topological polar surface area (TPSA) is 111 Å². The summed E-state index contributed by atoms with van der Waals surface area (Å²) in [5.41, 5.74) is 0.709. The number of esters is 2. The van der Waals surface area contributed by atoms with Crippen molar-refractivity contribution in [3.63, 3.8) is 0 Å². The van der Waals surface area contributed by atoms with Gasteiger partial charge in [-0.15, -0.1) is 11.8 Å². The van der Waals surface area contributed by atoms with Crippen molar-refractivity contribution in [1.82, 2.24) is 5.32 Å². The minimum Gasteiger partial charge on any atom is -0.467 e. The minimum absolute atomic E-state index is 0.162. The van der Waals surface area contributed by atoms with Crippen LogP contribution in [0.5, 0.6) is 0 Å². The zero-order valence-corrected chi connectivity index (χ0v) is 16.8. The summed E-state index contributed by atoms with van der Waals surface area (Å²) in [5, 5.41) is 4.62. The van der Waals surface area contributed by atoms with Crippen molar-refractivity contribution in [2.24, 2.45) is 5.92 Å². The van der Waals surface area contributed by atoms with Crippen LogP contribution in [-0.2, 0) is 28.7 Å². The van der Waals surface area contributed by atoms with Crippen LogP contribution in [-0.4, -0.2) is 48.8 Å². The number of carbonyl (C=O) groups excluding carboxylic acids is 4. The van der Waals surface area contributed by atoms with E-state index in [1.807, 2.05) is 32.0 Å². The van der Waals surface area contributed by atoms with E-state index in [9.17, 15) is 19.2 Å². The number of thioether (sulfide) groups is 1. The fourth-order valence-electron chi connectivity index (χ4n) is 2.65. The molecule has 2 N–H and O–H groups in total. The molecule has 2 rings (SSSR count). The SMILES string of the molecule is COC(=O)[C@@H](CC(C)C)NC(=O)COC(=O)C[C@H]1Sc2ccccc2NC1=O. The molecular formula is C19H24N2O6S. The number of nitrogens with one attached hydrogen (secondary N) is 2. The van der Waals surface area contributed by atoms with Crippen LogP contribution in [0.1, 0.15) is 26.7 Å². The average Bonchev–Trinajstić information content (AvgIpc) is 2.65. The van der Waals surface area contributed by atoms with Crippen molar-refractivity contribution < 1.29 is 28.7 Å². The van der Waals surface area contributed by atoms with E-state index in [1.165, 1.54) is 18.9 Å². The molecule has 0 aliphatic carbocycles. The van der Waals surface area contributed by atoms with E-state index < -0.39 is 35.7 Å². The van der Waals surface area contributed by atoms with E-state index in [1.54, 1.807) is 6.07 Å². The Balaban J connectivity index is 1.82. The standard InChI is InChI=1S/C19H24N2O6S/c1-11(2)8-13(19(25)26-3)20-16(22)10-27-17(23)9-15-18(24)21-12-6-4-5-7-14(12)28-15/h4-7,11,13,15H,8-10H2,1-3H3,(H,20,22)(H,21,24)/t13-,15-/m1/s1. The van der Waals surface area contributed by atoms with Crippen LogP contribution in [0.2, 0.25) is 0 Å². The van der Waals surface area contributed by atoms with Gasteiger partial charge in [0.1, 0.15) is 6.04 Å². The Hall–Kier alpha value is -2.55. The zero-order valence-electron chi connectivity index (χ0n) is 16.0. The number of amides is 2. The van der Waals surface area contributed by atoms with Gasteiger partial charge in [0.15, 0.2) is 6.61 Å². The summed E-state index contributed by atoms with van der Waals surface area (Å²) in [6.45, 7) is 3.29. The van der Waals surface area contributed by atoms with Gasteiger partial charge in [-0.2, -0.15) is 0 Å². The lowest BCUT2D eigenvalue weighted by molar-refractivity contribution is -0.150. The first-order chi connectivity index (χ1) is 13.3. The lowest BCUT2D eigenvalue weighted by atomic mass is 10.0. The molecule has 0 radical (unpaired) electrons. The lowest BCUT2D eigenvalue weighted by Gasteiger charge is -2.23. The number of benzene rings is 1. The van der Waals surface area contributed by atoms with Crippen LogP contribution in [0.25, 0.3) is 0 Å².